The van der Waals surface area contributed by atoms with Gasteiger partial charge in [0.05, 0.1) is 48.6 Å². The Bertz CT molecular complexity index is 1060. The van der Waals surface area contributed by atoms with Crippen molar-refractivity contribution in [1.29, 1.82) is 0 Å². The monoisotopic (exact) mass is 681 g/mol. The number of likely N-dealkylation sites (N-methyl/N-ethyl adjacent to an activating group) is 2. The van der Waals surface area contributed by atoms with Crippen LogP contribution in [0.5, 0.6) is 0 Å². The van der Waals surface area contributed by atoms with Gasteiger partial charge in [0.2, 0.25) is 23.6 Å². The molecule has 0 radical (unpaired) electrons. The second-order valence-electron chi connectivity index (χ2n) is 14.5. The van der Waals surface area contributed by atoms with Crippen LogP contribution in [0.3, 0.4) is 0 Å². The minimum Gasteiger partial charge on any atom is -0.426 e. The first-order valence-corrected chi connectivity index (χ1v) is 17.8. The van der Waals surface area contributed by atoms with Crippen molar-refractivity contribution in [3.05, 3.63) is 0 Å². The van der Waals surface area contributed by atoms with E-state index in [1.165, 1.54) is 4.90 Å². The zero-order chi connectivity index (χ0) is 36.5. The first-order valence-electron chi connectivity index (χ1n) is 17.8. The van der Waals surface area contributed by atoms with Gasteiger partial charge in [-0.1, -0.05) is 54.9 Å². The average molecular weight is 682 g/mol. The van der Waals surface area contributed by atoms with Crippen molar-refractivity contribution in [2.45, 2.75) is 129 Å². The lowest BCUT2D eigenvalue weighted by molar-refractivity contribution is -0.149. The third kappa shape index (κ3) is 9.92. The molecule has 2 heterocycles. The largest absolute Gasteiger partial charge is 0.475 e. The van der Waals surface area contributed by atoms with Crippen LogP contribution in [-0.2, 0) is 28.7 Å². The maximum atomic E-state index is 14.1. The molecule has 0 aromatic rings. The van der Waals surface area contributed by atoms with Crippen molar-refractivity contribution < 1.29 is 38.7 Å². The van der Waals surface area contributed by atoms with E-state index < -0.39 is 49.3 Å². The van der Waals surface area contributed by atoms with Gasteiger partial charge in [0.15, 0.2) is 0 Å². The van der Waals surface area contributed by atoms with E-state index in [0.29, 0.717) is 32.4 Å². The van der Waals surface area contributed by atoms with E-state index in [9.17, 15) is 29.2 Å². The molecule has 2 aliphatic rings. The zero-order valence-corrected chi connectivity index (χ0v) is 31.3. The molecule has 4 amide bonds. The maximum Gasteiger partial charge on any atom is 0.475 e. The van der Waals surface area contributed by atoms with Crippen molar-refractivity contribution in [3.8, 4) is 0 Å². The van der Waals surface area contributed by atoms with Crippen LogP contribution < -0.4 is 10.6 Å². The maximum absolute atomic E-state index is 14.1. The van der Waals surface area contributed by atoms with Gasteiger partial charge in [0.1, 0.15) is 6.04 Å². The average Bonchev–Trinajstić information content (AvgIpc) is 3.73. The highest BCUT2D eigenvalue weighted by atomic mass is 16.5. The number of hydrogen-bond acceptors (Lipinski definition) is 9. The predicted molar refractivity (Wildman–Crippen MR) is 186 cm³/mol. The Morgan fingerprint density at radius 3 is 2.00 bits per heavy atom. The molecule has 4 N–H and O–H groups in total. The molecule has 48 heavy (non-hydrogen) atoms. The molecule has 2 fully saturated rings. The molecule has 0 spiro atoms. The Labute approximate surface area is 289 Å². The smallest absolute Gasteiger partial charge is 0.426 e. The van der Waals surface area contributed by atoms with Gasteiger partial charge in [-0.3, -0.25) is 19.2 Å². The molecule has 2 aliphatic heterocycles. The van der Waals surface area contributed by atoms with E-state index >= 15 is 0 Å². The van der Waals surface area contributed by atoms with Gasteiger partial charge in [-0.2, -0.15) is 0 Å². The van der Waals surface area contributed by atoms with E-state index in [-0.39, 0.29) is 53.8 Å². The van der Waals surface area contributed by atoms with Crippen LogP contribution in [0.4, 0.5) is 0 Å². The Balaban J connectivity index is 2.28. The molecular formula is C34H64BN5O8. The summed E-state index contributed by atoms with van der Waals surface area (Å²) in [6, 6.07) is -2.00. The highest BCUT2D eigenvalue weighted by Crippen LogP contribution is 2.31. The number of methoxy groups -OCH3 is 2. The lowest BCUT2D eigenvalue weighted by atomic mass is 9.77. The van der Waals surface area contributed by atoms with E-state index in [1.54, 1.807) is 45.0 Å². The first kappa shape index (κ1) is 41.9. The van der Waals surface area contributed by atoms with E-state index in [2.05, 4.69) is 10.6 Å². The SMILES string of the molecule is CCC(C)C(C(CC(=O)N1CCCC1C(OC)C(C)C(=O)N1CCCC1B(O)O)OC)N(C)C(=O)C(NC(=O)C(NC)C(C)C)C(C)C. The zero-order valence-electron chi connectivity index (χ0n) is 31.3. The normalized spacial score (nSPS) is 22.6. The quantitative estimate of drug-likeness (QED) is 0.156. The third-order valence-corrected chi connectivity index (χ3v) is 10.7. The summed E-state index contributed by atoms with van der Waals surface area (Å²) < 4.78 is 11.9. The number of nitrogens with zero attached hydrogens (tertiary/aromatic N) is 3. The van der Waals surface area contributed by atoms with Gasteiger partial charge < -0.3 is 44.9 Å². The van der Waals surface area contributed by atoms with Crippen LogP contribution in [0.25, 0.3) is 0 Å². The highest BCUT2D eigenvalue weighted by Gasteiger charge is 2.45. The lowest BCUT2D eigenvalue weighted by Gasteiger charge is -2.41. The fourth-order valence-corrected chi connectivity index (χ4v) is 7.68. The molecule has 0 aromatic heterocycles. The number of amides is 4. The predicted octanol–water partition coefficient (Wildman–Crippen LogP) is 1.29. The Kier molecular flexibility index (Phi) is 16.8. The second kappa shape index (κ2) is 19.2. The molecule has 13 nitrogen and oxygen atoms in total. The Hall–Kier alpha value is -2.26. The van der Waals surface area contributed by atoms with Crippen LogP contribution in [0.15, 0.2) is 0 Å². The minimum absolute atomic E-state index is 0.0186. The number of likely N-dealkylation sites (tertiary alicyclic amines) is 2. The number of rotatable bonds is 18. The Morgan fingerprint density at radius 2 is 1.50 bits per heavy atom. The van der Waals surface area contributed by atoms with E-state index in [0.717, 1.165) is 12.8 Å². The summed E-state index contributed by atoms with van der Waals surface area (Å²) in [5.74, 6) is -2.26. The highest BCUT2D eigenvalue weighted by molar-refractivity contribution is 6.43. The van der Waals surface area contributed by atoms with Crippen LogP contribution in [0.2, 0.25) is 0 Å². The van der Waals surface area contributed by atoms with Crippen molar-refractivity contribution in [3.63, 3.8) is 0 Å². The number of hydrogen-bond donors (Lipinski definition) is 4. The number of ether oxygens (including phenoxy) is 2. The molecule has 14 heteroatoms. The summed E-state index contributed by atoms with van der Waals surface area (Å²) in [6.45, 7) is 14.5. The second-order valence-corrected chi connectivity index (χ2v) is 14.5. The van der Waals surface area contributed by atoms with Crippen molar-refractivity contribution in [1.82, 2.24) is 25.3 Å². The number of nitrogens with one attached hydrogen (secondary N) is 2. The van der Waals surface area contributed by atoms with Gasteiger partial charge in [0, 0.05) is 34.4 Å². The van der Waals surface area contributed by atoms with Gasteiger partial charge in [0.25, 0.3) is 0 Å². The topological polar surface area (TPSA) is 161 Å². The summed E-state index contributed by atoms with van der Waals surface area (Å²) in [4.78, 5) is 59.8. The number of carbonyl (C=O) groups is 4. The molecule has 2 saturated heterocycles. The van der Waals surface area contributed by atoms with Crippen molar-refractivity contribution in [2.75, 3.05) is 41.4 Å². The van der Waals surface area contributed by atoms with Gasteiger partial charge in [-0.15, -0.1) is 0 Å². The van der Waals surface area contributed by atoms with E-state index in [4.69, 9.17) is 9.47 Å². The fraction of sp³-hybridized carbons (Fsp3) is 0.882. The fourth-order valence-electron chi connectivity index (χ4n) is 7.68. The molecule has 0 saturated carbocycles. The summed E-state index contributed by atoms with van der Waals surface area (Å²) in [5, 5.41) is 25.7. The summed E-state index contributed by atoms with van der Waals surface area (Å²) >= 11 is 0. The lowest BCUT2D eigenvalue weighted by Crippen LogP contribution is -2.59. The first-order chi connectivity index (χ1) is 22.6. The van der Waals surface area contributed by atoms with Gasteiger partial charge in [-0.05, 0) is 50.5 Å². The van der Waals surface area contributed by atoms with Gasteiger partial charge in [-0.25, -0.2) is 0 Å². The van der Waals surface area contributed by atoms with Crippen LogP contribution >= 0.6 is 0 Å². The third-order valence-electron chi connectivity index (χ3n) is 10.7. The molecule has 0 aromatic carbocycles. The molecule has 0 aliphatic carbocycles. The van der Waals surface area contributed by atoms with Crippen LogP contribution in [0.1, 0.15) is 87.0 Å². The molecule has 276 valence electrons. The standard InChI is InChI=1S/C34H64BN5O8/c1-12-22(6)30(38(9)34(44)29(21(4)5)37-32(42)28(36-8)20(2)3)25(47-10)19-27(41)39-17-13-15-24(39)31(48-11)23(7)33(43)40-18-14-16-26(40)35(45)46/h20-26,28-31,36,45-46H,12-19H2,1-11H3,(H,37,42). The minimum atomic E-state index is -1.61. The summed E-state index contributed by atoms with van der Waals surface area (Å²) in [7, 11) is 4.93. The van der Waals surface area contributed by atoms with E-state index in [1.807, 2.05) is 41.5 Å². The van der Waals surface area contributed by atoms with Crippen LogP contribution in [-0.4, -0.2) is 139 Å². The molecule has 9 unspecified atom stereocenters. The molecular weight excluding hydrogens is 617 g/mol. The van der Waals surface area contributed by atoms with Gasteiger partial charge >= 0.3 is 7.12 Å². The van der Waals surface area contributed by atoms with Crippen LogP contribution in [0, 0.1) is 23.7 Å². The van der Waals surface area contributed by atoms with Crippen molar-refractivity contribution in [2.24, 2.45) is 23.7 Å². The van der Waals surface area contributed by atoms with Crippen molar-refractivity contribution >= 4 is 30.7 Å². The summed E-state index contributed by atoms with van der Waals surface area (Å²) in [6.07, 6.45) is 2.19. The molecule has 9 atom stereocenters. The molecule has 2 rings (SSSR count). The summed E-state index contributed by atoms with van der Waals surface area (Å²) in [5.41, 5.74) is 0. The molecule has 0 bridgehead atoms. The Morgan fingerprint density at radius 1 is 0.917 bits per heavy atom. The number of carbonyl (C=O) groups excluding carboxylic acids is 4.